The Hall–Kier alpha value is -1.10. The number of piperidine rings is 1. The van der Waals surface area contributed by atoms with E-state index in [0.29, 0.717) is 26.1 Å². The second-order valence-electron chi connectivity index (χ2n) is 5.33. The molecule has 0 aromatic heterocycles. The van der Waals surface area contributed by atoms with E-state index in [2.05, 4.69) is 0 Å². The number of rotatable bonds is 2. The van der Waals surface area contributed by atoms with Gasteiger partial charge in [-0.05, 0) is 26.2 Å². The Labute approximate surface area is 101 Å². The third kappa shape index (κ3) is 2.97. The van der Waals surface area contributed by atoms with E-state index < -0.39 is 5.60 Å². The van der Waals surface area contributed by atoms with Crippen molar-refractivity contribution in [1.29, 1.82) is 0 Å². The Morgan fingerprint density at radius 2 is 2.18 bits per heavy atom. The maximum absolute atomic E-state index is 12.0. The third-order valence-electron chi connectivity index (χ3n) is 3.53. The summed E-state index contributed by atoms with van der Waals surface area (Å²) in [6.07, 6.45) is 2.97. The van der Waals surface area contributed by atoms with E-state index in [1.807, 2.05) is 0 Å². The van der Waals surface area contributed by atoms with Crippen molar-refractivity contribution in [3.8, 4) is 0 Å². The van der Waals surface area contributed by atoms with Gasteiger partial charge >= 0.3 is 0 Å². The Kier molecular flexibility index (Phi) is 3.38. The molecule has 2 amide bonds. The fourth-order valence-electron chi connectivity index (χ4n) is 2.57. The zero-order valence-corrected chi connectivity index (χ0v) is 10.3. The minimum Gasteiger partial charge on any atom is -0.388 e. The van der Waals surface area contributed by atoms with Crippen molar-refractivity contribution in [2.45, 2.75) is 38.2 Å². The molecule has 5 heteroatoms. The number of hydrogen-bond acceptors (Lipinski definition) is 3. The summed E-state index contributed by atoms with van der Waals surface area (Å²) < 4.78 is 0. The highest BCUT2D eigenvalue weighted by Crippen LogP contribution is 2.20. The SMILES string of the molecule is CC1(O)CCCN(C(=O)CN2CCCC2=O)C1. The lowest BCUT2D eigenvalue weighted by Crippen LogP contribution is -2.51. The molecule has 2 aliphatic heterocycles. The molecular formula is C12H20N2O3. The lowest BCUT2D eigenvalue weighted by molar-refractivity contribution is -0.142. The highest BCUT2D eigenvalue weighted by atomic mass is 16.3. The van der Waals surface area contributed by atoms with E-state index in [0.717, 1.165) is 19.3 Å². The Balaban J connectivity index is 1.89. The summed E-state index contributed by atoms with van der Waals surface area (Å²) in [5, 5.41) is 9.93. The van der Waals surface area contributed by atoms with E-state index in [4.69, 9.17) is 0 Å². The summed E-state index contributed by atoms with van der Waals surface area (Å²) in [4.78, 5) is 26.7. The molecule has 0 aromatic rings. The first kappa shape index (κ1) is 12.4. The van der Waals surface area contributed by atoms with Crippen LogP contribution in [0.15, 0.2) is 0 Å². The minimum absolute atomic E-state index is 0.0415. The van der Waals surface area contributed by atoms with Crippen molar-refractivity contribution in [3.05, 3.63) is 0 Å². The second-order valence-corrected chi connectivity index (χ2v) is 5.33. The first-order valence-corrected chi connectivity index (χ1v) is 6.26. The molecule has 0 radical (unpaired) electrons. The van der Waals surface area contributed by atoms with Gasteiger partial charge in [0.2, 0.25) is 11.8 Å². The van der Waals surface area contributed by atoms with Gasteiger partial charge in [0.25, 0.3) is 0 Å². The van der Waals surface area contributed by atoms with Crippen LogP contribution in [-0.2, 0) is 9.59 Å². The van der Waals surface area contributed by atoms with Crippen molar-refractivity contribution in [1.82, 2.24) is 9.80 Å². The van der Waals surface area contributed by atoms with Crippen LogP contribution in [0.5, 0.6) is 0 Å². The molecule has 17 heavy (non-hydrogen) atoms. The van der Waals surface area contributed by atoms with E-state index in [9.17, 15) is 14.7 Å². The molecule has 0 bridgehead atoms. The number of aliphatic hydroxyl groups is 1. The van der Waals surface area contributed by atoms with E-state index in [1.165, 1.54) is 0 Å². The molecule has 1 atom stereocenters. The average molecular weight is 240 g/mol. The van der Waals surface area contributed by atoms with Gasteiger partial charge in [-0.2, -0.15) is 0 Å². The van der Waals surface area contributed by atoms with Gasteiger partial charge in [-0.1, -0.05) is 0 Å². The van der Waals surface area contributed by atoms with Crippen molar-refractivity contribution in [3.63, 3.8) is 0 Å². The number of likely N-dealkylation sites (tertiary alicyclic amines) is 2. The molecule has 5 nitrogen and oxygen atoms in total. The van der Waals surface area contributed by atoms with Crippen LogP contribution in [0.1, 0.15) is 32.6 Å². The normalized spacial score (nSPS) is 29.9. The molecule has 0 saturated carbocycles. The number of β-amino-alcohol motifs (C(OH)–C–C–N with tert-alkyl or cyclic N) is 1. The summed E-state index contributed by atoms with van der Waals surface area (Å²) in [5.74, 6) is 0.0299. The van der Waals surface area contributed by atoms with Crippen molar-refractivity contribution in [2.75, 3.05) is 26.2 Å². The predicted molar refractivity (Wildman–Crippen MR) is 62.3 cm³/mol. The topological polar surface area (TPSA) is 60.9 Å². The van der Waals surface area contributed by atoms with Crippen molar-refractivity contribution < 1.29 is 14.7 Å². The number of carbonyl (C=O) groups excluding carboxylic acids is 2. The van der Waals surface area contributed by atoms with Crippen LogP contribution in [0, 0.1) is 0 Å². The van der Waals surface area contributed by atoms with Gasteiger partial charge in [0.1, 0.15) is 0 Å². The molecule has 0 spiro atoms. The van der Waals surface area contributed by atoms with Crippen LogP contribution in [0.4, 0.5) is 0 Å². The van der Waals surface area contributed by atoms with Gasteiger partial charge in [0, 0.05) is 26.1 Å². The first-order chi connectivity index (χ1) is 7.98. The van der Waals surface area contributed by atoms with Gasteiger partial charge in [-0.25, -0.2) is 0 Å². The number of hydrogen-bond donors (Lipinski definition) is 1. The molecule has 1 unspecified atom stereocenters. The number of nitrogens with zero attached hydrogens (tertiary/aromatic N) is 2. The summed E-state index contributed by atoms with van der Waals surface area (Å²) in [6.45, 7) is 3.70. The van der Waals surface area contributed by atoms with Crippen LogP contribution >= 0.6 is 0 Å². The fraction of sp³-hybridized carbons (Fsp3) is 0.833. The van der Waals surface area contributed by atoms with E-state index >= 15 is 0 Å². The lowest BCUT2D eigenvalue weighted by Gasteiger charge is -2.37. The largest absolute Gasteiger partial charge is 0.388 e. The molecule has 2 rings (SSSR count). The predicted octanol–water partition coefficient (Wildman–Crippen LogP) is -0.0178. The Bertz CT molecular complexity index is 328. The van der Waals surface area contributed by atoms with Crippen LogP contribution in [-0.4, -0.2) is 58.5 Å². The van der Waals surface area contributed by atoms with Crippen LogP contribution < -0.4 is 0 Å². The van der Waals surface area contributed by atoms with E-state index in [1.54, 1.807) is 16.7 Å². The lowest BCUT2D eigenvalue weighted by atomic mass is 9.95. The summed E-state index contributed by atoms with van der Waals surface area (Å²) >= 11 is 0. The fourth-order valence-corrected chi connectivity index (χ4v) is 2.57. The zero-order valence-electron chi connectivity index (χ0n) is 10.3. The number of amides is 2. The van der Waals surface area contributed by atoms with Crippen LogP contribution in [0.3, 0.4) is 0 Å². The van der Waals surface area contributed by atoms with Gasteiger partial charge in [-0.15, -0.1) is 0 Å². The van der Waals surface area contributed by atoms with Crippen molar-refractivity contribution >= 4 is 11.8 Å². The summed E-state index contributed by atoms with van der Waals surface area (Å²) in [5.41, 5.74) is -0.775. The minimum atomic E-state index is -0.775. The van der Waals surface area contributed by atoms with Gasteiger partial charge < -0.3 is 14.9 Å². The third-order valence-corrected chi connectivity index (χ3v) is 3.53. The van der Waals surface area contributed by atoms with Gasteiger partial charge in [-0.3, -0.25) is 9.59 Å². The van der Waals surface area contributed by atoms with Crippen LogP contribution in [0.25, 0.3) is 0 Å². The molecule has 2 heterocycles. The average Bonchev–Trinajstić information content (AvgIpc) is 2.63. The van der Waals surface area contributed by atoms with Gasteiger partial charge in [0.15, 0.2) is 0 Å². The first-order valence-electron chi connectivity index (χ1n) is 6.26. The van der Waals surface area contributed by atoms with Crippen molar-refractivity contribution in [2.24, 2.45) is 0 Å². The molecule has 2 aliphatic rings. The standard InChI is InChI=1S/C12H20N2O3/c1-12(17)5-3-7-14(9-12)11(16)8-13-6-2-4-10(13)15/h17H,2-9H2,1H3. The summed E-state index contributed by atoms with van der Waals surface area (Å²) in [7, 11) is 0. The molecule has 2 saturated heterocycles. The maximum atomic E-state index is 12.0. The highest BCUT2D eigenvalue weighted by Gasteiger charge is 2.32. The highest BCUT2D eigenvalue weighted by molar-refractivity contribution is 5.86. The quantitative estimate of drug-likeness (QED) is 0.738. The molecule has 96 valence electrons. The summed E-state index contributed by atoms with van der Waals surface area (Å²) in [6, 6.07) is 0. The molecule has 2 fully saturated rings. The molecule has 1 N–H and O–H groups in total. The molecular weight excluding hydrogens is 220 g/mol. The monoisotopic (exact) mass is 240 g/mol. The zero-order chi connectivity index (χ0) is 12.5. The maximum Gasteiger partial charge on any atom is 0.242 e. The van der Waals surface area contributed by atoms with E-state index in [-0.39, 0.29) is 18.4 Å². The second kappa shape index (κ2) is 4.64. The van der Waals surface area contributed by atoms with Gasteiger partial charge in [0.05, 0.1) is 12.1 Å². The Morgan fingerprint density at radius 1 is 1.41 bits per heavy atom. The molecule has 0 aromatic carbocycles. The Morgan fingerprint density at radius 3 is 2.76 bits per heavy atom. The smallest absolute Gasteiger partial charge is 0.242 e. The number of carbonyl (C=O) groups is 2. The van der Waals surface area contributed by atoms with Crippen LogP contribution in [0.2, 0.25) is 0 Å². The molecule has 0 aliphatic carbocycles.